The van der Waals surface area contributed by atoms with Crippen molar-refractivity contribution in [1.82, 2.24) is 5.32 Å². The molecule has 0 aliphatic heterocycles. The molecule has 114 valence electrons. The van der Waals surface area contributed by atoms with Gasteiger partial charge in [0.25, 0.3) is 0 Å². The Hall–Kier alpha value is -3.42. The maximum atomic E-state index is 11.5. The maximum absolute atomic E-state index is 11.5. The number of carbonyl (C=O) groups excluding carboxylic acids is 1. The van der Waals surface area contributed by atoms with Gasteiger partial charge < -0.3 is 10.1 Å². The van der Waals surface area contributed by atoms with Crippen molar-refractivity contribution in [3.63, 3.8) is 0 Å². The van der Waals surface area contributed by atoms with Crippen LogP contribution in [0.5, 0.6) is 0 Å². The van der Waals surface area contributed by atoms with Crippen LogP contribution in [-0.2, 0) is 11.3 Å². The first-order valence-corrected chi connectivity index (χ1v) is 6.87. The van der Waals surface area contributed by atoms with Crippen molar-refractivity contribution in [3.05, 3.63) is 76.2 Å². The molecule has 0 saturated heterocycles. The van der Waals surface area contributed by atoms with Gasteiger partial charge in [0.05, 0.1) is 12.2 Å². The molecule has 0 atom stereocenters. The number of hydrogen-bond acceptors (Lipinski definition) is 3. The Labute approximate surface area is 133 Å². The molecule has 0 radical (unpaired) electrons. The van der Waals surface area contributed by atoms with Crippen LogP contribution in [0.15, 0.2) is 59.7 Å². The van der Waals surface area contributed by atoms with Crippen molar-refractivity contribution in [1.29, 1.82) is 0 Å². The highest BCUT2D eigenvalue weighted by atomic mass is 16.5. The largest absolute Gasteiger partial charge is 0.445 e. The van der Waals surface area contributed by atoms with Crippen LogP contribution in [0, 0.1) is 11.8 Å². The second-order valence-corrected chi connectivity index (χ2v) is 4.42. The van der Waals surface area contributed by atoms with Gasteiger partial charge in [-0.2, -0.15) is 0 Å². The number of nitrogens with zero attached hydrogens (tertiary/aromatic N) is 3. The quantitative estimate of drug-likeness (QED) is 0.402. The van der Waals surface area contributed by atoms with Crippen molar-refractivity contribution < 1.29 is 9.53 Å². The van der Waals surface area contributed by atoms with Gasteiger partial charge in [0, 0.05) is 10.5 Å². The predicted octanol–water partition coefficient (Wildman–Crippen LogP) is 3.91. The molecule has 2 aromatic rings. The van der Waals surface area contributed by atoms with Crippen LogP contribution in [0.25, 0.3) is 10.4 Å². The van der Waals surface area contributed by atoms with Crippen molar-refractivity contribution in [2.24, 2.45) is 5.11 Å². The van der Waals surface area contributed by atoms with Crippen LogP contribution < -0.4 is 5.32 Å². The van der Waals surface area contributed by atoms with Gasteiger partial charge in [-0.25, -0.2) is 4.79 Å². The molecule has 2 aromatic carbocycles. The second-order valence-electron chi connectivity index (χ2n) is 4.42. The smallest absolute Gasteiger partial charge is 0.408 e. The van der Waals surface area contributed by atoms with Crippen LogP contribution in [0.3, 0.4) is 0 Å². The fraction of sp³-hybridized carbons (Fsp3) is 0.118. The third kappa shape index (κ3) is 5.46. The van der Waals surface area contributed by atoms with Crippen LogP contribution in [0.2, 0.25) is 0 Å². The van der Waals surface area contributed by atoms with E-state index in [0.717, 1.165) is 5.56 Å². The van der Waals surface area contributed by atoms with Crippen molar-refractivity contribution in [2.75, 3.05) is 6.54 Å². The van der Waals surface area contributed by atoms with Crippen LogP contribution >= 0.6 is 0 Å². The zero-order valence-electron chi connectivity index (χ0n) is 12.3. The highest BCUT2D eigenvalue weighted by molar-refractivity contribution is 5.67. The molecule has 0 aromatic heterocycles. The number of hydrogen-bond donors (Lipinski definition) is 1. The normalized spacial score (nSPS) is 9.04. The monoisotopic (exact) mass is 306 g/mol. The number of ether oxygens (including phenoxy) is 1. The molecule has 0 bridgehead atoms. The molecule has 0 aliphatic rings. The fourth-order valence-electron chi connectivity index (χ4n) is 1.74. The molecule has 0 unspecified atom stereocenters. The Balaban J connectivity index is 1.81. The average Bonchev–Trinajstić information content (AvgIpc) is 2.59. The Morgan fingerprint density at radius 3 is 2.70 bits per heavy atom. The Bertz CT molecular complexity index is 772. The zero-order valence-corrected chi connectivity index (χ0v) is 12.3. The van der Waals surface area contributed by atoms with Crippen LogP contribution in [0.4, 0.5) is 10.5 Å². The van der Waals surface area contributed by atoms with Gasteiger partial charge in [0.15, 0.2) is 0 Å². The zero-order chi connectivity index (χ0) is 16.3. The van der Waals surface area contributed by atoms with Crippen LogP contribution in [-0.4, -0.2) is 12.6 Å². The lowest BCUT2D eigenvalue weighted by Gasteiger charge is -2.04. The molecule has 2 rings (SSSR count). The van der Waals surface area contributed by atoms with E-state index in [1.165, 1.54) is 0 Å². The number of rotatable bonds is 4. The first kappa shape index (κ1) is 16.0. The number of azide groups is 1. The first-order chi connectivity index (χ1) is 11.3. The van der Waals surface area contributed by atoms with E-state index in [4.69, 9.17) is 10.3 Å². The maximum Gasteiger partial charge on any atom is 0.408 e. The number of amides is 1. The molecule has 0 heterocycles. The third-order valence-electron chi connectivity index (χ3n) is 2.81. The van der Waals surface area contributed by atoms with Gasteiger partial charge in [-0.05, 0) is 17.2 Å². The van der Waals surface area contributed by atoms with Gasteiger partial charge in [-0.3, -0.25) is 0 Å². The molecular weight excluding hydrogens is 292 g/mol. The SMILES string of the molecule is [N-]=[N+]=Nc1ccccc1C#CCNC(=O)OCc1ccccc1. The van der Waals surface area contributed by atoms with Gasteiger partial charge in [0.2, 0.25) is 0 Å². The van der Waals surface area contributed by atoms with E-state index in [2.05, 4.69) is 27.2 Å². The number of nitrogens with one attached hydrogen (secondary N) is 1. The third-order valence-corrected chi connectivity index (χ3v) is 2.81. The van der Waals surface area contributed by atoms with Crippen LogP contribution in [0.1, 0.15) is 11.1 Å². The number of carbonyl (C=O) groups is 1. The summed E-state index contributed by atoms with van der Waals surface area (Å²) in [5.74, 6) is 5.63. The topological polar surface area (TPSA) is 87.1 Å². The number of benzene rings is 2. The second kappa shape index (κ2) is 8.78. The molecule has 0 saturated carbocycles. The van der Waals surface area contributed by atoms with Crippen molar-refractivity contribution in [3.8, 4) is 11.8 Å². The Morgan fingerprint density at radius 2 is 1.91 bits per heavy atom. The molecule has 0 fully saturated rings. The predicted molar refractivity (Wildman–Crippen MR) is 86.8 cm³/mol. The van der Waals surface area contributed by atoms with Gasteiger partial charge in [-0.15, -0.1) is 0 Å². The lowest BCUT2D eigenvalue weighted by molar-refractivity contribution is 0.141. The minimum atomic E-state index is -0.536. The summed E-state index contributed by atoms with van der Waals surface area (Å²) >= 11 is 0. The summed E-state index contributed by atoms with van der Waals surface area (Å²) in [7, 11) is 0. The summed E-state index contributed by atoms with van der Waals surface area (Å²) in [6, 6.07) is 16.4. The highest BCUT2D eigenvalue weighted by Gasteiger charge is 2.00. The molecule has 0 aliphatic carbocycles. The Morgan fingerprint density at radius 1 is 1.17 bits per heavy atom. The van der Waals surface area contributed by atoms with Gasteiger partial charge in [-0.1, -0.05) is 65.5 Å². The van der Waals surface area contributed by atoms with E-state index in [9.17, 15) is 4.79 Å². The molecule has 6 heteroatoms. The standard InChI is InChI=1S/C17H14N4O2/c18-21-20-16-11-5-4-9-15(16)10-6-12-19-17(22)23-13-14-7-2-1-3-8-14/h1-5,7-9,11H,12-13H2,(H,19,22). The minimum Gasteiger partial charge on any atom is -0.445 e. The summed E-state index contributed by atoms with van der Waals surface area (Å²) in [5, 5.41) is 6.09. The lowest BCUT2D eigenvalue weighted by Crippen LogP contribution is -2.24. The summed E-state index contributed by atoms with van der Waals surface area (Å²) in [5.41, 5.74) is 10.4. The lowest BCUT2D eigenvalue weighted by atomic mass is 10.2. The average molecular weight is 306 g/mol. The van der Waals surface area contributed by atoms with Crippen molar-refractivity contribution >= 4 is 11.8 Å². The van der Waals surface area contributed by atoms with Crippen molar-refractivity contribution in [2.45, 2.75) is 6.61 Å². The molecule has 23 heavy (non-hydrogen) atoms. The minimum absolute atomic E-state index is 0.137. The Kier molecular flexibility index (Phi) is 6.09. The summed E-state index contributed by atoms with van der Waals surface area (Å²) in [6.45, 7) is 0.345. The van der Waals surface area contributed by atoms with E-state index < -0.39 is 6.09 Å². The van der Waals surface area contributed by atoms with Gasteiger partial charge >= 0.3 is 6.09 Å². The molecule has 1 amide bonds. The summed E-state index contributed by atoms with van der Waals surface area (Å²) < 4.78 is 5.06. The highest BCUT2D eigenvalue weighted by Crippen LogP contribution is 2.17. The fourth-order valence-corrected chi connectivity index (χ4v) is 1.74. The summed E-state index contributed by atoms with van der Waals surface area (Å²) in [4.78, 5) is 14.3. The molecule has 6 nitrogen and oxygen atoms in total. The van der Waals surface area contributed by atoms with E-state index >= 15 is 0 Å². The molecule has 0 spiro atoms. The van der Waals surface area contributed by atoms with E-state index in [0.29, 0.717) is 11.3 Å². The summed E-state index contributed by atoms with van der Waals surface area (Å²) in [6.07, 6.45) is -0.536. The van der Waals surface area contributed by atoms with E-state index in [1.54, 1.807) is 24.3 Å². The molecule has 1 N–H and O–H groups in total. The molecular formula is C17H14N4O2. The first-order valence-electron chi connectivity index (χ1n) is 6.87. The van der Waals surface area contributed by atoms with Gasteiger partial charge in [0.1, 0.15) is 6.61 Å². The van der Waals surface area contributed by atoms with E-state index in [1.807, 2.05) is 30.3 Å². The number of alkyl carbamates (subject to hydrolysis) is 1. The van der Waals surface area contributed by atoms with E-state index in [-0.39, 0.29) is 13.2 Å².